The number of nitrogen functional groups attached to an aromatic ring is 1. The molecule has 6 heteroatoms. The lowest BCUT2D eigenvalue weighted by Gasteiger charge is -2.22. The van der Waals surface area contributed by atoms with Gasteiger partial charge in [0.2, 0.25) is 5.95 Å². The maximum Gasteiger partial charge on any atom is 0.256 e. The summed E-state index contributed by atoms with van der Waals surface area (Å²) in [6.07, 6.45) is 0. The van der Waals surface area contributed by atoms with Crippen molar-refractivity contribution in [2.75, 3.05) is 23.7 Å². The fraction of sp³-hybridized carbons (Fsp3) is 0.600. The minimum absolute atomic E-state index is 0.118. The molecule has 16 heavy (non-hydrogen) atoms. The van der Waals surface area contributed by atoms with Crippen LogP contribution in [0.25, 0.3) is 0 Å². The van der Waals surface area contributed by atoms with Gasteiger partial charge in [0.15, 0.2) is 0 Å². The molecule has 0 amide bonds. The fourth-order valence-electron chi connectivity index (χ4n) is 2.56. The highest BCUT2D eigenvalue weighted by Gasteiger charge is 2.54. The molecule has 6 nitrogen and oxygen atoms in total. The first-order valence-corrected chi connectivity index (χ1v) is 5.42. The van der Waals surface area contributed by atoms with Gasteiger partial charge in [-0.05, 0) is 11.8 Å². The zero-order valence-corrected chi connectivity index (χ0v) is 9.13. The Bertz CT molecular complexity index is 484. The molecule has 1 aliphatic carbocycles. The van der Waals surface area contributed by atoms with Gasteiger partial charge in [0.25, 0.3) is 5.56 Å². The summed E-state index contributed by atoms with van der Waals surface area (Å²) in [7, 11) is 1.72. The second kappa shape index (κ2) is 2.98. The van der Waals surface area contributed by atoms with Crippen molar-refractivity contribution < 1.29 is 0 Å². The Morgan fingerprint density at radius 2 is 2.06 bits per heavy atom. The van der Waals surface area contributed by atoms with Gasteiger partial charge in [-0.3, -0.25) is 9.36 Å². The Morgan fingerprint density at radius 1 is 1.44 bits per heavy atom. The predicted octanol–water partition coefficient (Wildman–Crippen LogP) is -1.24. The molecule has 1 aromatic heterocycles. The summed E-state index contributed by atoms with van der Waals surface area (Å²) in [6, 6.07) is 1.68. The van der Waals surface area contributed by atoms with Gasteiger partial charge in [0.05, 0.1) is 0 Å². The van der Waals surface area contributed by atoms with Gasteiger partial charge in [-0.2, -0.15) is 4.98 Å². The van der Waals surface area contributed by atoms with Crippen molar-refractivity contribution in [1.82, 2.24) is 9.55 Å². The Balaban J connectivity index is 1.93. The predicted molar refractivity (Wildman–Crippen MR) is 61.1 cm³/mol. The van der Waals surface area contributed by atoms with Crippen LogP contribution < -0.4 is 21.9 Å². The highest BCUT2D eigenvalue weighted by molar-refractivity contribution is 5.42. The van der Waals surface area contributed by atoms with Gasteiger partial charge in [0, 0.05) is 32.2 Å². The molecule has 2 fully saturated rings. The topological polar surface area (TPSA) is 90.2 Å². The van der Waals surface area contributed by atoms with E-state index in [2.05, 4.69) is 9.88 Å². The van der Waals surface area contributed by atoms with E-state index >= 15 is 0 Å². The summed E-state index contributed by atoms with van der Waals surface area (Å²) < 4.78 is 1.53. The second-order valence-electron chi connectivity index (χ2n) is 4.69. The average Bonchev–Trinajstić information content (AvgIpc) is 2.68. The third-order valence-electron chi connectivity index (χ3n) is 3.67. The van der Waals surface area contributed by atoms with E-state index in [9.17, 15) is 4.79 Å². The quantitative estimate of drug-likeness (QED) is 0.619. The third-order valence-corrected chi connectivity index (χ3v) is 3.67. The molecule has 1 saturated heterocycles. The van der Waals surface area contributed by atoms with Crippen molar-refractivity contribution in [2.45, 2.75) is 6.04 Å². The molecular weight excluding hydrogens is 206 g/mol. The van der Waals surface area contributed by atoms with Crippen LogP contribution in [0, 0.1) is 11.8 Å². The Kier molecular flexibility index (Phi) is 1.79. The molecule has 1 aromatic rings. The lowest BCUT2D eigenvalue weighted by Crippen LogP contribution is -2.34. The largest absolute Gasteiger partial charge is 0.383 e. The first kappa shape index (κ1) is 9.65. The Morgan fingerprint density at radius 3 is 2.69 bits per heavy atom. The number of hydrogen-bond acceptors (Lipinski definition) is 5. The number of rotatable bonds is 1. The molecule has 0 radical (unpaired) electrons. The van der Waals surface area contributed by atoms with Crippen LogP contribution in [0.3, 0.4) is 0 Å². The fourth-order valence-corrected chi connectivity index (χ4v) is 2.56. The zero-order chi connectivity index (χ0) is 11.4. The van der Waals surface area contributed by atoms with Crippen LogP contribution in [-0.4, -0.2) is 28.7 Å². The maximum absolute atomic E-state index is 11.6. The van der Waals surface area contributed by atoms with E-state index in [0.29, 0.717) is 23.8 Å². The van der Waals surface area contributed by atoms with Crippen LogP contribution in [0.15, 0.2) is 10.9 Å². The number of aromatic nitrogens is 2. The number of anilines is 2. The van der Waals surface area contributed by atoms with E-state index < -0.39 is 0 Å². The molecule has 1 saturated carbocycles. The standard InChI is InChI=1S/C10H15N5O/c1-14-8(16)2-7(11)13-10(14)15-3-5-6(4-15)9(5)12/h2,5-6,9H,3-4,11-12H2,1H3. The van der Waals surface area contributed by atoms with Gasteiger partial charge >= 0.3 is 0 Å². The average molecular weight is 221 g/mol. The van der Waals surface area contributed by atoms with Crippen molar-refractivity contribution in [1.29, 1.82) is 0 Å². The molecule has 1 aliphatic heterocycles. The van der Waals surface area contributed by atoms with Crippen molar-refractivity contribution in [3.05, 3.63) is 16.4 Å². The SMILES string of the molecule is Cn1c(N2CC3C(N)C3C2)nc(N)cc1=O. The number of nitrogens with two attached hydrogens (primary N) is 2. The van der Waals surface area contributed by atoms with E-state index in [1.807, 2.05) is 0 Å². The summed E-state index contributed by atoms with van der Waals surface area (Å²) in [6.45, 7) is 1.77. The highest BCUT2D eigenvalue weighted by Crippen LogP contribution is 2.44. The Labute approximate surface area is 92.9 Å². The molecule has 3 rings (SSSR count). The number of fused-ring (bicyclic) bond motifs is 1. The summed E-state index contributed by atoms with van der Waals surface area (Å²) in [4.78, 5) is 17.9. The molecule has 2 heterocycles. The minimum atomic E-state index is -0.118. The third kappa shape index (κ3) is 1.23. The van der Waals surface area contributed by atoms with Crippen LogP contribution in [0.1, 0.15) is 0 Å². The normalized spacial score (nSPS) is 31.6. The highest BCUT2D eigenvalue weighted by atomic mass is 16.1. The number of nitrogens with zero attached hydrogens (tertiary/aromatic N) is 3. The van der Waals surface area contributed by atoms with Gasteiger partial charge in [-0.15, -0.1) is 0 Å². The van der Waals surface area contributed by atoms with Gasteiger partial charge < -0.3 is 16.4 Å². The molecule has 2 atom stereocenters. The molecule has 86 valence electrons. The van der Waals surface area contributed by atoms with E-state index in [0.717, 1.165) is 13.1 Å². The van der Waals surface area contributed by atoms with Crippen LogP contribution in [0.4, 0.5) is 11.8 Å². The summed E-state index contributed by atoms with van der Waals surface area (Å²) >= 11 is 0. The molecular formula is C10H15N5O. The van der Waals surface area contributed by atoms with Gasteiger partial charge in [-0.25, -0.2) is 0 Å². The van der Waals surface area contributed by atoms with E-state index in [1.54, 1.807) is 7.05 Å². The maximum atomic E-state index is 11.6. The summed E-state index contributed by atoms with van der Waals surface area (Å²) in [5.41, 5.74) is 11.3. The zero-order valence-electron chi connectivity index (χ0n) is 9.13. The van der Waals surface area contributed by atoms with Crippen LogP contribution in [0.2, 0.25) is 0 Å². The molecule has 4 N–H and O–H groups in total. The van der Waals surface area contributed by atoms with Crippen LogP contribution >= 0.6 is 0 Å². The van der Waals surface area contributed by atoms with E-state index in [1.165, 1.54) is 10.6 Å². The van der Waals surface area contributed by atoms with Crippen molar-refractivity contribution in [3.63, 3.8) is 0 Å². The lowest BCUT2D eigenvalue weighted by molar-refractivity contribution is 0.690. The van der Waals surface area contributed by atoms with E-state index in [-0.39, 0.29) is 11.4 Å². The monoisotopic (exact) mass is 221 g/mol. The van der Waals surface area contributed by atoms with Crippen molar-refractivity contribution in [3.8, 4) is 0 Å². The first-order chi connectivity index (χ1) is 7.58. The van der Waals surface area contributed by atoms with Gasteiger partial charge in [-0.1, -0.05) is 0 Å². The smallest absolute Gasteiger partial charge is 0.256 e. The number of hydrogen-bond donors (Lipinski definition) is 2. The molecule has 2 aliphatic rings. The minimum Gasteiger partial charge on any atom is -0.383 e. The van der Waals surface area contributed by atoms with E-state index in [4.69, 9.17) is 11.5 Å². The number of piperidine rings is 1. The van der Waals surface area contributed by atoms with Crippen molar-refractivity contribution in [2.24, 2.45) is 24.6 Å². The lowest BCUT2D eigenvalue weighted by atomic mass is 10.4. The van der Waals surface area contributed by atoms with Crippen molar-refractivity contribution >= 4 is 11.8 Å². The molecule has 2 unspecified atom stereocenters. The van der Waals surface area contributed by atoms with Crippen LogP contribution in [0.5, 0.6) is 0 Å². The first-order valence-electron chi connectivity index (χ1n) is 5.42. The Hall–Kier alpha value is -1.56. The molecule has 0 spiro atoms. The summed E-state index contributed by atoms with van der Waals surface area (Å²) in [5, 5.41) is 0. The molecule has 0 bridgehead atoms. The summed E-state index contributed by atoms with van der Waals surface area (Å²) in [5.74, 6) is 2.07. The molecule has 0 aromatic carbocycles. The van der Waals surface area contributed by atoms with Crippen LogP contribution in [-0.2, 0) is 7.05 Å². The second-order valence-corrected chi connectivity index (χ2v) is 4.69. The van der Waals surface area contributed by atoms with Gasteiger partial charge in [0.1, 0.15) is 5.82 Å².